The summed E-state index contributed by atoms with van der Waals surface area (Å²) in [4.78, 5) is 12.2. The molecule has 22 heavy (non-hydrogen) atoms. The van der Waals surface area contributed by atoms with Crippen LogP contribution in [0, 0.1) is 5.92 Å². The summed E-state index contributed by atoms with van der Waals surface area (Å²) < 4.78 is 5.28. The van der Waals surface area contributed by atoms with E-state index >= 15 is 0 Å². The molecule has 1 unspecified atom stereocenters. The molecule has 3 N–H and O–H groups in total. The summed E-state index contributed by atoms with van der Waals surface area (Å²) >= 11 is 0. The zero-order valence-electron chi connectivity index (χ0n) is 13.7. The van der Waals surface area contributed by atoms with E-state index in [4.69, 9.17) is 4.74 Å². The molecule has 1 saturated heterocycles. The number of hydrogen-bond acceptors (Lipinski definition) is 5. The molecule has 0 aliphatic carbocycles. The van der Waals surface area contributed by atoms with Gasteiger partial charge in [0, 0.05) is 18.4 Å². The highest BCUT2D eigenvalue weighted by Gasteiger charge is 2.48. The maximum atomic E-state index is 12.2. The number of quaternary nitrogens is 1. The molecule has 0 bridgehead atoms. The summed E-state index contributed by atoms with van der Waals surface area (Å²) in [6.45, 7) is 6.47. The van der Waals surface area contributed by atoms with Gasteiger partial charge in [-0.25, -0.2) is 10.0 Å². The van der Waals surface area contributed by atoms with E-state index in [1.54, 1.807) is 0 Å². The molecule has 0 spiro atoms. The highest BCUT2D eigenvalue weighted by molar-refractivity contribution is 5.80. The van der Waals surface area contributed by atoms with Crippen molar-refractivity contribution in [2.24, 2.45) is 5.92 Å². The van der Waals surface area contributed by atoms with Crippen molar-refractivity contribution >= 4 is 5.97 Å². The number of rotatable bonds is 6. The van der Waals surface area contributed by atoms with E-state index in [1.807, 2.05) is 19.9 Å². The van der Waals surface area contributed by atoms with Gasteiger partial charge in [0.2, 0.25) is 0 Å². The van der Waals surface area contributed by atoms with Gasteiger partial charge in [-0.15, -0.1) is 0 Å². The quantitative estimate of drug-likeness (QED) is 0.387. The number of aliphatic hydroxyl groups excluding tert-OH is 1. The van der Waals surface area contributed by atoms with E-state index < -0.39 is 17.7 Å². The number of esters is 1. The summed E-state index contributed by atoms with van der Waals surface area (Å²) in [5.41, 5.74) is -0.973. The molecule has 2 rings (SSSR count). The van der Waals surface area contributed by atoms with Crippen LogP contribution in [0.15, 0.2) is 11.6 Å². The van der Waals surface area contributed by atoms with Crippen LogP contribution < -0.4 is 0 Å². The second kappa shape index (κ2) is 6.28. The third-order valence-corrected chi connectivity index (χ3v) is 4.83. The van der Waals surface area contributed by atoms with Crippen LogP contribution in [0.4, 0.5) is 0 Å². The second-order valence-corrected chi connectivity index (χ2v) is 7.10. The Morgan fingerprint density at radius 3 is 2.77 bits per heavy atom. The highest BCUT2D eigenvalue weighted by Crippen LogP contribution is 2.35. The van der Waals surface area contributed by atoms with Crippen molar-refractivity contribution in [3.63, 3.8) is 0 Å². The smallest absolute Gasteiger partial charge is 0.341 e. The molecule has 6 heteroatoms. The van der Waals surface area contributed by atoms with Crippen LogP contribution in [0.1, 0.15) is 40.0 Å². The van der Waals surface area contributed by atoms with Gasteiger partial charge in [-0.05, 0) is 25.3 Å². The van der Waals surface area contributed by atoms with Crippen LogP contribution in [-0.4, -0.2) is 63.5 Å². The van der Waals surface area contributed by atoms with E-state index in [-0.39, 0.29) is 29.6 Å². The molecule has 126 valence electrons. The lowest BCUT2D eigenvalue weighted by molar-refractivity contribution is -1.10. The summed E-state index contributed by atoms with van der Waals surface area (Å²) in [7, 11) is 0. The molecule has 0 aromatic heterocycles. The summed E-state index contributed by atoms with van der Waals surface area (Å²) in [5, 5.41) is 30.6. The molecular formula is C16H28NO5+. The Kier molecular flexibility index (Phi) is 4.96. The third-order valence-electron chi connectivity index (χ3n) is 4.83. The van der Waals surface area contributed by atoms with Gasteiger partial charge in [-0.3, -0.25) is 0 Å². The minimum atomic E-state index is -1.88. The lowest BCUT2D eigenvalue weighted by Crippen LogP contribution is -2.50. The molecule has 2 aliphatic rings. The molecule has 6 nitrogen and oxygen atoms in total. The molecule has 0 radical (unpaired) electrons. The van der Waals surface area contributed by atoms with Crippen LogP contribution in [0.25, 0.3) is 0 Å². The highest BCUT2D eigenvalue weighted by atomic mass is 16.6. The van der Waals surface area contributed by atoms with Gasteiger partial charge in [-0.1, -0.05) is 13.8 Å². The number of aliphatic hydroxyl groups is 2. The number of nitrogens with zero attached hydrogens (tertiary/aromatic N) is 1. The van der Waals surface area contributed by atoms with Crippen LogP contribution in [0.3, 0.4) is 0 Å². The van der Waals surface area contributed by atoms with E-state index in [1.165, 1.54) is 6.92 Å². The van der Waals surface area contributed by atoms with E-state index in [2.05, 4.69) is 0 Å². The van der Waals surface area contributed by atoms with Gasteiger partial charge >= 0.3 is 5.97 Å². The normalized spacial score (nSPS) is 31.6. The van der Waals surface area contributed by atoms with Gasteiger partial charge in [0.15, 0.2) is 5.60 Å². The Morgan fingerprint density at radius 1 is 1.50 bits per heavy atom. The van der Waals surface area contributed by atoms with Crippen molar-refractivity contribution in [3.8, 4) is 0 Å². The van der Waals surface area contributed by atoms with Gasteiger partial charge in [0.25, 0.3) is 0 Å². The number of hydroxylamine groups is 3. The van der Waals surface area contributed by atoms with Crippen molar-refractivity contribution in [3.05, 3.63) is 11.6 Å². The SMILES string of the molecule is CC(C)C[C@](O)(C(=O)OCC1=CC[N+]2(O)CCC[C@@H]12)[C@H](C)O. The lowest BCUT2D eigenvalue weighted by Gasteiger charge is -2.30. The third kappa shape index (κ3) is 3.20. The van der Waals surface area contributed by atoms with Crippen molar-refractivity contribution in [1.29, 1.82) is 0 Å². The van der Waals surface area contributed by atoms with Crippen molar-refractivity contribution in [2.75, 3.05) is 19.7 Å². The zero-order valence-corrected chi connectivity index (χ0v) is 13.7. The largest absolute Gasteiger partial charge is 0.459 e. The fourth-order valence-corrected chi connectivity index (χ4v) is 3.55. The predicted octanol–water partition coefficient (Wildman–Crippen LogP) is 0.996. The summed E-state index contributed by atoms with van der Waals surface area (Å²) in [5.74, 6) is -0.743. The molecular weight excluding hydrogens is 286 g/mol. The molecule has 0 aromatic rings. The molecule has 2 heterocycles. The standard InChI is InChI=1S/C16H28NO5/c1-11(2)9-16(20,12(3)18)15(19)22-10-13-6-8-17(21)7-4-5-14(13)17/h6,11-12,14,18,20-21H,4-5,7-10H2,1-3H3/q+1/t12-,14-,16+,17?/m0/s1. The second-order valence-electron chi connectivity index (χ2n) is 7.10. The van der Waals surface area contributed by atoms with Gasteiger partial charge in [0.05, 0.1) is 6.10 Å². The van der Waals surface area contributed by atoms with Crippen molar-refractivity contribution < 1.29 is 29.6 Å². The van der Waals surface area contributed by atoms with Crippen LogP contribution in [0.2, 0.25) is 0 Å². The maximum Gasteiger partial charge on any atom is 0.341 e. The fraction of sp³-hybridized carbons (Fsp3) is 0.812. The number of carbonyl (C=O) groups excluding carboxylic acids is 1. The maximum absolute atomic E-state index is 12.2. The summed E-state index contributed by atoms with van der Waals surface area (Å²) in [6.07, 6.45) is 2.70. The topological polar surface area (TPSA) is 87.0 Å². The summed E-state index contributed by atoms with van der Waals surface area (Å²) in [6, 6.07) is -0.00228. The molecule has 2 aliphatic heterocycles. The van der Waals surface area contributed by atoms with E-state index in [9.17, 15) is 20.2 Å². The first-order valence-electron chi connectivity index (χ1n) is 8.05. The zero-order chi connectivity index (χ0) is 16.5. The number of carbonyl (C=O) groups is 1. The van der Waals surface area contributed by atoms with Crippen molar-refractivity contribution in [1.82, 2.24) is 0 Å². The minimum Gasteiger partial charge on any atom is -0.459 e. The van der Waals surface area contributed by atoms with Crippen LogP contribution in [-0.2, 0) is 9.53 Å². The molecule has 1 fully saturated rings. The molecule has 0 saturated carbocycles. The first kappa shape index (κ1) is 17.4. The average Bonchev–Trinajstić information content (AvgIpc) is 2.92. The first-order valence-corrected chi connectivity index (χ1v) is 8.05. The Morgan fingerprint density at radius 2 is 2.18 bits per heavy atom. The Hall–Kier alpha value is -0.950. The Bertz CT molecular complexity index is 461. The number of ether oxygens (including phenoxy) is 1. The Balaban J connectivity index is 1.97. The average molecular weight is 314 g/mol. The predicted molar refractivity (Wildman–Crippen MR) is 79.9 cm³/mol. The molecule has 4 atom stereocenters. The first-order chi connectivity index (χ1) is 10.2. The van der Waals surface area contributed by atoms with E-state index in [0.29, 0.717) is 6.54 Å². The van der Waals surface area contributed by atoms with Gasteiger partial charge in [-0.2, -0.15) is 4.65 Å². The van der Waals surface area contributed by atoms with E-state index in [0.717, 1.165) is 25.0 Å². The van der Waals surface area contributed by atoms with Gasteiger partial charge < -0.3 is 14.9 Å². The molecule has 0 amide bonds. The lowest BCUT2D eigenvalue weighted by atomic mass is 9.88. The van der Waals surface area contributed by atoms with Crippen LogP contribution in [0.5, 0.6) is 0 Å². The van der Waals surface area contributed by atoms with Crippen molar-refractivity contribution in [2.45, 2.75) is 57.8 Å². The van der Waals surface area contributed by atoms with Gasteiger partial charge in [0.1, 0.15) is 25.7 Å². The fourth-order valence-electron chi connectivity index (χ4n) is 3.55. The molecule has 0 aromatic carbocycles. The number of hydrogen-bond donors (Lipinski definition) is 3. The Labute approximate surface area is 131 Å². The minimum absolute atomic E-state index is 0.00228. The monoisotopic (exact) mass is 314 g/mol. The number of fused-ring (bicyclic) bond motifs is 1. The van der Waals surface area contributed by atoms with Crippen LogP contribution >= 0.6 is 0 Å².